The summed E-state index contributed by atoms with van der Waals surface area (Å²) in [7, 11) is 0. The van der Waals surface area contributed by atoms with Crippen LogP contribution >= 0.6 is 0 Å². The highest BCUT2D eigenvalue weighted by Crippen LogP contribution is 2.59. The van der Waals surface area contributed by atoms with Crippen LogP contribution in [0.5, 0.6) is 0 Å². The number of carbonyl (C=O) groups excluding carboxylic acids is 3. The summed E-state index contributed by atoms with van der Waals surface area (Å²) >= 11 is 0. The van der Waals surface area contributed by atoms with Crippen LogP contribution in [-0.2, 0) is 19.1 Å². The second-order valence-corrected chi connectivity index (χ2v) is 7.97. The number of ether oxygens (including phenoxy) is 1. The summed E-state index contributed by atoms with van der Waals surface area (Å²) in [5.41, 5.74) is 2.39. The van der Waals surface area contributed by atoms with Crippen molar-refractivity contribution in [3.05, 3.63) is 11.1 Å². The third kappa shape index (κ3) is 2.06. The molecule has 4 heteroatoms. The molecule has 3 saturated carbocycles. The summed E-state index contributed by atoms with van der Waals surface area (Å²) in [4.78, 5) is 36.6. The standard InChI is InChI=1S/C19H24O4/c1-10(20)23-11-3-4-12-13-7-8-19(2)15(5-6-16(19)21)17(13)18(22)14(12)9-11/h11,14-15,17H,3-9H2,1-2H3/t11-,14+,15+,17+,19+/m0/s1. The maximum absolute atomic E-state index is 13.1. The first-order chi connectivity index (χ1) is 10.9. The molecule has 3 fully saturated rings. The Morgan fingerprint density at radius 2 is 1.91 bits per heavy atom. The Kier molecular flexibility index (Phi) is 3.30. The van der Waals surface area contributed by atoms with Gasteiger partial charge in [0, 0.05) is 30.6 Å². The van der Waals surface area contributed by atoms with Gasteiger partial charge in [-0.2, -0.15) is 0 Å². The SMILES string of the molecule is CC(=O)O[C@H]1CCC2=C3CC[C@@]4(C)C(=O)CC[C@@H]4[C@@H]3C(=O)[C@@H]2C1. The van der Waals surface area contributed by atoms with E-state index >= 15 is 0 Å². The van der Waals surface area contributed by atoms with E-state index in [1.165, 1.54) is 18.1 Å². The van der Waals surface area contributed by atoms with Crippen molar-refractivity contribution in [2.45, 2.75) is 64.9 Å². The first-order valence-electron chi connectivity index (χ1n) is 8.88. The van der Waals surface area contributed by atoms with Crippen molar-refractivity contribution >= 4 is 17.5 Å². The van der Waals surface area contributed by atoms with Gasteiger partial charge in [-0.15, -0.1) is 0 Å². The monoisotopic (exact) mass is 316 g/mol. The lowest BCUT2D eigenvalue weighted by molar-refractivity contribution is -0.149. The highest BCUT2D eigenvalue weighted by molar-refractivity contribution is 5.96. The fourth-order valence-electron chi connectivity index (χ4n) is 5.72. The van der Waals surface area contributed by atoms with Crippen molar-refractivity contribution in [1.29, 1.82) is 0 Å². The Balaban J connectivity index is 1.63. The molecule has 0 N–H and O–H groups in total. The number of Topliss-reactive ketones (excluding diaryl/α,β-unsaturated/α-hetero) is 2. The molecular formula is C19H24O4. The highest BCUT2D eigenvalue weighted by atomic mass is 16.5. The van der Waals surface area contributed by atoms with Gasteiger partial charge in [-0.25, -0.2) is 0 Å². The van der Waals surface area contributed by atoms with Gasteiger partial charge in [0.05, 0.1) is 0 Å². The van der Waals surface area contributed by atoms with Gasteiger partial charge in [-0.05, 0) is 44.4 Å². The summed E-state index contributed by atoms with van der Waals surface area (Å²) < 4.78 is 5.36. The van der Waals surface area contributed by atoms with Gasteiger partial charge < -0.3 is 4.74 Å². The zero-order chi connectivity index (χ0) is 16.4. The van der Waals surface area contributed by atoms with Crippen LogP contribution in [-0.4, -0.2) is 23.6 Å². The van der Waals surface area contributed by atoms with E-state index in [0.717, 1.165) is 32.1 Å². The number of hydrogen-bond acceptors (Lipinski definition) is 4. The van der Waals surface area contributed by atoms with E-state index in [1.54, 1.807) is 0 Å². The molecule has 4 nitrogen and oxygen atoms in total. The number of ketones is 2. The zero-order valence-electron chi connectivity index (χ0n) is 13.9. The van der Waals surface area contributed by atoms with Crippen LogP contribution in [0.4, 0.5) is 0 Å². The Morgan fingerprint density at radius 1 is 1.13 bits per heavy atom. The second-order valence-electron chi connectivity index (χ2n) is 7.97. The molecule has 0 spiro atoms. The molecule has 0 aromatic heterocycles. The van der Waals surface area contributed by atoms with E-state index in [-0.39, 0.29) is 35.2 Å². The largest absolute Gasteiger partial charge is 0.463 e. The topological polar surface area (TPSA) is 60.4 Å². The van der Waals surface area contributed by atoms with Crippen LogP contribution in [0, 0.1) is 23.2 Å². The molecule has 0 aromatic carbocycles. The molecule has 0 amide bonds. The number of fused-ring (bicyclic) bond motifs is 4. The van der Waals surface area contributed by atoms with E-state index in [1.807, 2.05) is 0 Å². The molecular weight excluding hydrogens is 292 g/mol. The smallest absolute Gasteiger partial charge is 0.302 e. The van der Waals surface area contributed by atoms with Crippen LogP contribution < -0.4 is 0 Å². The average molecular weight is 316 g/mol. The Bertz CT molecular complexity index is 631. The van der Waals surface area contributed by atoms with E-state index in [0.29, 0.717) is 24.4 Å². The number of rotatable bonds is 1. The van der Waals surface area contributed by atoms with E-state index < -0.39 is 0 Å². The normalized spacial score (nSPS) is 42.3. The molecule has 5 atom stereocenters. The third-order valence-electron chi connectivity index (χ3n) is 6.88. The van der Waals surface area contributed by atoms with Crippen molar-refractivity contribution < 1.29 is 19.1 Å². The molecule has 0 heterocycles. The van der Waals surface area contributed by atoms with Crippen molar-refractivity contribution in [2.75, 3.05) is 0 Å². The van der Waals surface area contributed by atoms with Crippen LogP contribution in [0.2, 0.25) is 0 Å². The van der Waals surface area contributed by atoms with Crippen LogP contribution in [0.15, 0.2) is 11.1 Å². The third-order valence-corrected chi connectivity index (χ3v) is 6.88. The molecule has 0 radical (unpaired) electrons. The van der Waals surface area contributed by atoms with Crippen molar-refractivity contribution in [3.8, 4) is 0 Å². The van der Waals surface area contributed by atoms with Gasteiger partial charge in [-0.1, -0.05) is 18.1 Å². The van der Waals surface area contributed by atoms with Crippen LogP contribution in [0.3, 0.4) is 0 Å². The van der Waals surface area contributed by atoms with Crippen molar-refractivity contribution in [1.82, 2.24) is 0 Å². The summed E-state index contributed by atoms with van der Waals surface area (Å²) in [6, 6.07) is 0. The summed E-state index contributed by atoms with van der Waals surface area (Å²) in [6.07, 6.45) is 5.52. The van der Waals surface area contributed by atoms with Crippen molar-refractivity contribution in [2.24, 2.45) is 23.2 Å². The van der Waals surface area contributed by atoms with Gasteiger partial charge in [0.1, 0.15) is 17.7 Å². The van der Waals surface area contributed by atoms with Gasteiger partial charge >= 0.3 is 5.97 Å². The predicted octanol–water partition coefficient (Wildman–Crippen LogP) is 2.99. The van der Waals surface area contributed by atoms with E-state index in [2.05, 4.69) is 6.92 Å². The Hall–Kier alpha value is -1.45. The summed E-state index contributed by atoms with van der Waals surface area (Å²) in [5, 5.41) is 0. The molecule has 0 unspecified atom stereocenters. The lowest BCUT2D eigenvalue weighted by Crippen LogP contribution is -2.40. The molecule has 4 rings (SSSR count). The summed E-state index contributed by atoms with van der Waals surface area (Å²) in [5.74, 6) is 0.506. The molecule has 0 aromatic rings. The lowest BCUT2D eigenvalue weighted by atomic mass is 9.62. The highest BCUT2D eigenvalue weighted by Gasteiger charge is 2.58. The van der Waals surface area contributed by atoms with Crippen molar-refractivity contribution in [3.63, 3.8) is 0 Å². The number of hydrogen-bond donors (Lipinski definition) is 0. The minimum absolute atomic E-state index is 0.0312. The molecule has 0 saturated heterocycles. The van der Waals surface area contributed by atoms with E-state index in [9.17, 15) is 14.4 Å². The minimum Gasteiger partial charge on any atom is -0.463 e. The first-order valence-corrected chi connectivity index (χ1v) is 8.88. The Labute approximate surface area is 136 Å². The second kappa shape index (κ2) is 5.02. The number of esters is 1. The zero-order valence-corrected chi connectivity index (χ0v) is 13.9. The minimum atomic E-state index is -0.285. The lowest BCUT2D eigenvalue weighted by Gasteiger charge is -2.40. The van der Waals surface area contributed by atoms with Crippen LogP contribution in [0.1, 0.15) is 58.8 Å². The quantitative estimate of drug-likeness (QED) is 0.551. The van der Waals surface area contributed by atoms with Gasteiger partial charge in [0.25, 0.3) is 0 Å². The molecule has 23 heavy (non-hydrogen) atoms. The average Bonchev–Trinajstić information content (AvgIpc) is 2.95. The number of allylic oxidation sites excluding steroid dienone is 2. The fraction of sp³-hybridized carbons (Fsp3) is 0.737. The van der Waals surface area contributed by atoms with Gasteiger partial charge in [-0.3, -0.25) is 14.4 Å². The van der Waals surface area contributed by atoms with Gasteiger partial charge in [0.15, 0.2) is 0 Å². The maximum atomic E-state index is 13.1. The van der Waals surface area contributed by atoms with Gasteiger partial charge in [0.2, 0.25) is 0 Å². The predicted molar refractivity (Wildman–Crippen MR) is 83.5 cm³/mol. The van der Waals surface area contributed by atoms with Crippen LogP contribution in [0.25, 0.3) is 0 Å². The van der Waals surface area contributed by atoms with E-state index in [4.69, 9.17) is 4.74 Å². The first kappa shape index (κ1) is 15.1. The Morgan fingerprint density at radius 3 is 2.65 bits per heavy atom. The number of carbonyl (C=O) groups is 3. The fourth-order valence-corrected chi connectivity index (χ4v) is 5.72. The summed E-state index contributed by atoms with van der Waals surface area (Å²) in [6.45, 7) is 3.51. The molecule has 4 aliphatic rings. The molecule has 124 valence electrons. The maximum Gasteiger partial charge on any atom is 0.302 e. The molecule has 0 aliphatic heterocycles. The molecule has 4 aliphatic carbocycles. The molecule has 0 bridgehead atoms.